The topological polar surface area (TPSA) is 15.3 Å². The number of hydrogen-bond donors (Lipinski definition) is 1. The number of benzene rings is 1. The molecule has 122 valence electrons. The first-order valence-electron chi connectivity index (χ1n) is 9.14. The van der Waals surface area contributed by atoms with E-state index in [0.29, 0.717) is 5.41 Å². The van der Waals surface area contributed by atoms with Gasteiger partial charge in [-0.25, -0.2) is 0 Å². The summed E-state index contributed by atoms with van der Waals surface area (Å²) in [7, 11) is 0. The number of nitrogens with zero attached hydrogens (tertiary/aromatic N) is 1. The van der Waals surface area contributed by atoms with Gasteiger partial charge in [0.15, 0.2) is 0 Å². The molecule has 0 bridgehead atoms. The minimum absolute atomic E-state index is 0.566. The highest BCUT2D eigenvalue weighted by atomic mass is 15.2. The highest BCUT2D eigenvalue weighted by Gasteiger charge is 2.27. The van der Waals surface area contributed by atoms with Gasteiger partial charge in [-0.15, -0.1) is 0 Å². The van der Waals surface area contributed by atoms with Crippen LogP contribution in [0, 0.1) is 5.41 Å². The molecule has 1 saturated carbocycles. The summed E-state index contributed by atoms with van der Waals surface area (Å²) < 4.78 is 0. The van der Waals surface area contributed by atoms with E-state index in [1.54, 1.807) is 5.56 Å². The highest BCUT2D eigenvalue weighted by Crippen LogP contribution is 2.42. The van der Waals surface area contributed by atoms with E-state index in [1.807, 2.05) is 0 Å². The van der Waals surface area contributed by atoms with Gasteiger partial charge in [-0.05, 0) is 54.6 Å². The lowest BCUT2D eigenvalue weighted by Gasteiger charge is -2.34. The second-order valence-electron chi connectivity index (χ2n) is 8.03. The number of hydrogen-bond acceptors (Lipinski definition) is 2. The van der Waals surface area contributed by atoms with E-state index < -0.39 is 0 Å². The molecular formula is C20H32N2. The molecule has 0 unspecified atom stereocenters. The van der Waals surface area contributed by atoms with Crippen molar-refractivity contribution in [1.29, 1.82) is 0 Å². The second kappa shape index (κ2) is 7.14. The summed E-state index contributed by atoms with van der Waals surface area (Å²) in [5.41, 5.74) is 3.69. The standard InChI is InChI=1S/C20H32N2/c1-20(2)9-6-18(7-10-20)19-5-3-4-17(16-19)8-13-22-14-11-21-12-15-22/h3-5,16,18,21H,6-15H2,1-2H3. The molecule has 1 aromatic rings. The molecule has 2 nitrogen and oxygen atoms in total. The molecule has 2 aliphatic rings. The predicted molar refractivity (Wildman–Crippen MR) is 94.4 cm³/mol. The van der Waals surface area contributed by atoms with Crippen LogP contribution in [0.3, 0.4) is 0 Å². The van der Waals surface area contributed by atoms with Gasteiger partial charge in [0.25, 0.3) is 0 Å². The summed E-state index contributed by atoms with van der Waals surface area (Å²) >= 11 is 0. The zero-order chi connectivity index (χ0) is 15.4. The molecule has 0 aromatic heterocycles. The fourth-order valence-corrected chi connectivity index (χ4v) is 3.96. The fraction of sp³-hybridized carbons (Fsp3) is 0.700. The van der Waals surface area contributed by atoms with Crippen molar-refractivity contribution in [1.82, 2.24) is 10.2 Å². The Hall–Kier alpha value is -0.860. The van der Waals surface area contributed by atoms with Crippen LogP contribution in [0.25, 0.3) is 0 Å². The third-order valence-corrected chi connectivity index (χ3v) is 5.69. The van der Waals surface area contributed by atoms with Gasteiger partial charge in [-0.2, -0.15) is 0 Å². The molecule has 2 heteroatoms. The Morgan fingerprint density at radius 1 is 1.14 bits per heavy atom. The van der Waals surface area contributed by atoms with Gasteiger partial charge < -0.3 is 10.2 Å². The molecule has 1 aromatic carbocycles. The maximum absolute atomic E-state index is 3.43. The summed E-state index contributed by atoms with van der Waals surface area (Å²) in [5.74, 6) is 0.798. The molecule has 3 rings (SSSR count). The van der Waals surface area contributed by atoms with Crippen molar-refractivity contribution < 1.29 is 0 Å². The minimum Gasteiger partial charge on any atom is -0.314 e. The lowest BCUT2D eigenvalue weighted by atomic mass is 9.71. The molecule has 22 heavy (non-hydrogen) atoms. The first-order chi connectivity index (χ1) is 10.6. The second-order valence-corrected chi connectivity index (χ2v) is 8.03. The predicted octanol–water partition coefficient (Wildman–Crippen LogP) is 3.82. The number of piperazine rings is 1. The SMILES string of the molecule is CC1(C)CCC(c2cccc(CCN3CCNCC3)c2)CC1. The average Bonchev–Trinajstić information content (AvgIpc) is 2.54. The van der Waals surface area contributed by atoms with Gasteiger partial charge in [0.1, 0.15) is 0 Å². The van der Waals surface area contributed by atoms with Crippen LogP contribution in [0.15, 0.2) is 24.3 Å². The van der Waals surface area contributed by atoms with Crippen LogP contribution >= 0.6 is 0 Å². The van der Waals surface area contributed by atoms with Crippen molar-refractivity contribution in [3.63, 3.8) is 0 Å². The first kappa shape index (κ1) is 16.0. The quantitative estimate of drug-likeness (QED) is 0.909. The molecule has 0 amide bonds. The molecule has 1 aliphatic carbocycles. The Morgan fingerprint density at radius 2 is 1.86 bits per heavy atom. The molecule has 0 spiro atoms. The molecular weight excluding hydrogens is 268 g/mol. The lowest BCUT2D eigenvalue weighted by molar-refractivity contribution is 0.224. The molecule has 1 saturated heterocycles. The third-order valence-electron chi connectivity index (χ3n) is 5.69. The lowest BCUT2D eigenvalue weighted by Crippen LogP contribution is -2.44. The van der Waals surface area contributed by atoms with Gasteiger partial charge in [-0.1, -0.05) is 38.1 Å². The van der Waals surface area contributed by atoms with E-state index in [2.05, 4.69) is 48.3 Å². The molecule has 0 radical (unpaired) electrons. The van der Waals surface area contributed by atoms with Gasteiger partial charge in [0.2, 0.25) is 0 Å². The van der Waals surface area contributed by atoms with Gasteiger partial charge in [-0.3, -0.25) is 0 Å². The fourth-order valence-electron chi connectivity index (χ4n) is 3.96. The van der Waals surface area contributed by atoms with Gasteiger partial charge in [0.05, 0.1) is 0 Å². The van der Waals surface area contributed by atoms with Crippen molar-refractivity contribution in [2.45, 2.75) is 51.9 Å². The van der Waals surface area contributed by atoms with E-state index >= 15 is 0 Å². The van der Waals surface area contributed by atoms with Crippen molar-refractivity contribution in [2.75, 3.05) is 32.7 Å². The van der Waals surface area contributed by atoms with Crippen LogP contribution in [0.4, 0.5) is 0 Å². The summed E-state index contributed by atoms with van der Waals surface area (Å²) in [6, 6.07) is 9.45. The summed E-state index contributed by atoms with van der Waals surface area (Å²) in [4.78, 5) is 2.59. The average molecular weight is 300 g/mol. The Balaban J connectivity index is 1.55. The summed E-state index contributed by atoms with van der Waals surface area (Å²) in [6.45, 7) is 10.8. The Morgan fingerprint density at radius 3 is 2.59 bits per heavy atom. The molecule has 1 aliphatic heterocycles. The van der Waals surface area contributed by atoms with Crippen LogP contribution in [-0.2, 0) is 6.42 Å². The Labute approximate surface area is 136 Å². The van der Waals surface area contributed by atoms with E-state index in [0.717, 1.165) is 19.0 Å². The maximum Gasteiger partial charge on any atom is 0.0108 e. The Kier molecular flexibility index (Phi) is 5.20. The van der Waals surface area contributed by atoms with Crippen LogP contribution < -0.4 is 5.32 Å². The van der Waals surface area contributed by atoms with Crippen LogP contribution in [0.5, 0.6) is 0 Å². The van der Waals surface area contributed by atoms with Gasteiger partial charge >= 0.3 is 0 Å². The number of nitrogens with one attached hydrogen (secondary N) is 1. The molecule has 1 heterocycles. The van der Waals surface area contributed by atoms with Crippen molar-refractivity contribution in [3.8, 4) is 0 Å². The molecule has 0 atom stereocenters. The van der Waals surface area contributed by atoms with Gasteiger partial charge in [0, 0.05) is 32.7 Å². The van der Waals surface area contributed by atoms with Crippen LogP contribution in [0.1, 0.15) is 56.6 Å². The van der Waals surface area contributed by atoms with Crippen LogP contribution in [0.2, 0.25) is 0 Å². The summed E-state index contributed by atoms with van der Waals surface area (Å²) in [6.07, 6.45) is 6.69. The van der Waals surface area contributed by atoms with Crippen molar-refractivity contribution >= 4 is 0 Å². The molecule has 1 N–H and O–H groups in total. The minimum atomic E-state index is 0.566. The van der Waals surface area contributed by atoms with E-state index in [9.17, 15) is 0 Å². The zero-order valence-electron chi connectivity index (χ0n) is 14.4. The smallest absolute Gasteiger partial charge is 0.0108 e. The molecule has 2 fully saturated rings. The van der Waals surface area contributed by atoms with Crippen molar-refractivity contribution in [3.05, 3.63) is 35.4 Å². The van der Waals surface area contributed by atoms with Crippen molar-refractivity contribution in [2.24, 2.45) is 5.41 Å². The monoisotopic (exact) mass is 300 g/mol. The van der Waals surface area contributed by atoms with Crippen LogP contribution in [-0.4, -0.2) is 37.6 Å². The normalized spacial score (nSPS) is 23.5. The third kappa shape index (κ3) is 4.33. The zero-order valence-corrected chi connectivity index (χ0v) is 14.4. The highest BCUT2D eigenvalue weighted by molar-refractivity contribution is 5.27. The maximum atomic E-state index is 3.43. The first-order valence-corrected chi connectivity index (χ1v) is 9.14. The van der Waals surface area contributed by atoms with E-state index in [1.165, 1.54) is 57.3 Å². The van der Waals surface area contributed by atoms with E-state index in [4.69, 9.17) is 0 Å². The van der Waals surface area contributed by atoms with E-state index in [-0.39, 0.29) is 0 Å². The Bertz CT molecular complexity index is 464. The summed E-state index contributed by atoms with van der Waals surface area (Å²) in [5, 5.41) is 3.43. The largest absolute Gasteiger partial charge is 0.314 e. The number of rotatable bonds is 4.